The smallest absolute Gasteiger partial charge is 0.0576 e. The molecule has 1 aliphatic heterocycles. The third-order valence-electron chi connectivity index (χ3n) is 3.88. The third kappa shape index (κ3) is 2.48. The molecule has 0 aromatic carbocycles. The van der Waals surface area contributed by atoms with Crippen molar-refractivity contribution < 1.29 is 4.74 Å². The van der Waals surface area contributed by atoms with E-state index in [-0.39, 0.29) is 5.54 Å². The lowest BCUT2D eigenvalue weighted by Crippen LogP contribution is -2.37. The molecule has 0 spiro atoms. The summed E-state index contributed by atoms with van der Waals surface area (Å²) in [5, 5.41) is 0. The predicted octanol–water partition coefficient (Wildman–Crippen LogP) is 2.46. The molecule has 0 aromatic rings. The highest BCUT2D eigenvalue weighted by atomic mass is 16.5. The van der Waals surface area contributed by atoms with Gasteiger partial charge in [0, 0.05) is 12.1 Å². The summed E-state index contributed by atoms with van der Waals surface area (Å²) in [5.74, 6) is 0.837. The van der Waals surface area contributed by atoms with Crippen LogP contribution in [-0.4, -0.2) is 18.2 Å². The van der Waals surface area contributed by atoms with Crippen molar-refractivity contribution in [1.82, 2.24) is 0 Å². The predicted molar refractivity (Wildman–Crippen MR) is 58.1 cm³/mol. The molecule has 2 aliphatic rings. The quantitative estimate of drug-likeness (QED) is 0.754. The molecule has 3 atom stereocenters. The summed E-state index contributed by atoms with van der Waals surface area (Å²) in [5.41, 5.74) is 6.52. The van der Waals surface area contributed by atoms with Crippen molar-refractivity contribution in [3.63, 3.8) is 0 Å². The van der Waals surface area contributed by atoms with E-state index in [2.05, 4.69) is 6.92 Å². The molecule has 2 fully saturated rings. The van der Waals surface area contributed by atoms with Crippen molar-refractivity contribution >= 4 is 0 Å². The second-order valence-corrected chi connectivity index (χ2v) is 5.38. The Bertz CT molecular complexity index is 189. The molecule has 1 aliphatic carbocycles. The number of hydrogen-bond acceptors (Lipinski definition) is 2. The van der Waals surface area contributed by atoms with Gasteiger partial charge in [-0.3, -0.25) is 0 Å². The lowest BCUT2D eigenvalue weighted by Gasteiger charge is -2.25. The molecule has 0 aromatic heterocycles. The monoisotopic (exact) mass is 197 g/mol. The zero-order chi connectivity index (χ0) is 10.0. The largest absolute Gasteiger partial charge is 0.378 e. The summed E-state index contributed by atoms with van der Waals surface area (Å²) < 4.78 is 5.63. The van der Waals surface area contributed by atoms with E-state index >= 15 is 0 Å². The van der Waals surface area contributed by atoms with Gasteiger partial charge in [-0.05, 0) is 50.9 Å². The van der Waals surface area contributed by atoms with Gasteiger partial charge in [0.1, 0.15) is 0 Å². The van der Waals surface area contributed by atoms with Crippen molar-refractivity contribution in [2.45, 2.75) is 63.5 Å². The van der Waals surface area contributed by atoms with Crippen LogP contribution >= 0.6 is 0 Å². The number of ether oxygens (including phenoxy) is 1. The van der Waals surface area contributed by atoms with Crippen LogP contribution in [0.4, 0.5) is 0 Å². The van der Waals surface area contributed by atoms with Crippen molar-refractivity contribution in [3.8, 4) is 0 Å². The van der Waals surface area contributed by atoms with Gasteiger partial charge in [-0.2, -0.15) is 0 Å². The highest BCUT2D eigenvalue weighted by Crippen LogP contribution is 2.36. The SMILES string of the molecule is CC1CCC(N)(CCC2CCCO2)C1. The maximum atomic E-state index is 6.37. The van der Waals surface area contributed by atoms with Crippen LogP contribution in [0.2, 0.25) is 0 Å². The van der Waals surface area contributed by atoms with Gasteiger partial charge in [0.05, 0.1) is 6.10 Å². The molecule has 1 saturated carbocycles. The Balaban J connectivity index is 1.73. The molecule has 0 bridgehead atoms. The Morgan fingerprint density at radius 2 is 2.29 bits per heavy atom. The second kappa shape index (κ2) is 4.19. The van der Waals surface area contributed by atoms with Gasteiger partial charge in [-0.25, -0.2) is 0 Å². The minimum absolute atomic E-state index is 0.144. The van der Waals surface area contributed by atoms with Crippen LogP contribution in [0.25, 0.3) is 0 Å². The summed E-state index contributed by atoms with van der Waals surface area (Å²) >= 11 is 0. The van der Waals surface area contributed by atoms with E-state index in [1.807, 2.05) is 0 Å². The van der Waals surface area contributed by atoms with Gasteiger partial charge >= 0.3 is 0 Å². The minimum Gasteiger partial charge on any atom is -0.378 e. The third-order valence-corrected chi connectivity index (χ3v) is 3.88. The first-order chi connectivity index (χ1) is 6.68. The molecule has 2 nitrogen and oxygen atoms in total. The Hall–Kier alpha value is -0.0800. The molecule has 0 radical (unpaired) electrons. The van der Waals surface area contributed by atoms with Gasteiger partial charge in [0.2, 0.25) is 0 Å². The summed E-state index contributed by atoms with van der Waals surface area (Å²) in [7, 11) is 0. The molecule has 2 heteroatoms. The van der Waals surface area contributed by atoms with Crippen LogP contribution in [-0.2, 0) is 4.74 Å². The maximum absolute atomic E-state index is 6.37. The summed E-state index contributed by atoms with van der Waals surface area (Å²) in [6, 6.07) is 0. The van der Waals surface area contributed by atoms with Gasteiger partial charge < -0.3 is 10.5 Å². The molecule has 82 valence electrons. The first-order valence-corrected chi connectivity index (χ1v) is 6.08. The zero-order valence-electron chi connectivity index (χ0n) is 9.30. The van der Waals surface area contributed by atoms with Crippen LogP contribution in [0, 0.1) is 5.92 Å². The average Bonchev–Trinajstić information content (AvgIpc) is 2.73. The van der Waals surface area contributed by atoms with Crippen LogP contribution in [0.15, 0.2) is 0 Å². The average molecular weight is 197 g/mol. The fourth-order valence-electron chi connectivity index (χ4n) is 2.98. The van der Waals surface area contributed by atoms with E-state index in [9.17, 15) is 0 Å². The molecule has 1 heterocycles. The summed E-state index contributed by atoms with van der Waals surface area (Å²) in [6.45, 7) is 3.29. The first-order valence-electron chi connectivity index (χ1n) is 6.08. The van der Waals surface area contributed by atoms with E-state index in [0.29, 0.717) is 6.10 Å². The number of hydrogen-bond donors (Lipinski definition) is 1. The molecular weight excluding hydrogens is 174 g/mol. The molecule has 0 amide bonds. The van der Waals surface area contributed by atoms with Gasteiger partial charge in [0.15, 0.2) is 0 Å². The van der Waals surface area contributed by atoms with Crippen LogP contribution < -0.4 is 5.73 Å². The second-order valence-electron chi connectivity index (χ2n) is 5.38. The molecular formula is C12H23NO. The Labute approximate surface area is 87.2 Å². The highest BCUT2D eigenvalue weighted by Gasteiger charge is 2.34. The summed E-state index contributed by atoms with van der Waals surface area (Å²) in [6.07, 6.45) is 9.14. The maximum Gasteiger partial charge on any atom is 0.0576 e. The Morgan fingerprint density at radius 1 is 1.43 bits per heavy atom. The lowest BCUT2D eigenvalue weighted by molar-refractivity contribution is 0.0959. The van der Waals surface area contributed by atoms with E-state index in [0.717, 1.165) is 12.5 Å². The molecule has 2 rings (SSSR count). The van der Waals surface area contributed by atoms with Crippen molar-refractivity contribution in [2.24, 2.45) is 11.7 Å². The first kappa shape index (κ1) is 10.4. The molecule has 2 N–H and O–H groups in total. The van der Waals surface area contributed by atoms with E-state index in [1.165, 1.54) is 44.9 Å². The minimum atomic E-state index is 0.144. The van der Waals surface area contributed by atoms with E-state index < -0.39 is 0 Å². The summed E-state index contributed by atoms with van der Waals surface area (Å²) in [4.78, 5) is 0. The topological polar surface area (TPSA) is 35.2 Å². The molecule has 14 heavy (non-hydrogen) atoms. The molecule has 3 unspecified atom stereocenters. The van der Waals surface area contributed by atoms with Crippen molar-refractivity contribution in [2.75, 3.05) is 6.61 Å². The fourth-order valence-corrected chi connectivity index (χ4v) is 2.98. The lowest BCUT2D eigenvalue weighted by atomic mass is 9.90. The van der Waals surface area contributed by atoms with Gasteiger partial charge in [0.25, 0.3) is 0 Å². The van der Waals surface area contributed by atoms with Crippen LogP contribution in [0.1, 0.15) is 51.9 Å². The normalized spacial score (nSPS) is 43.3. The van der Waals surface area contributed by atoms with Gasteiger partial charge in [-0.1, -0.05) is 6.92 Å². The Kier molecular flexibility index (Phi) is 3.13. The fraction of sp³-hybridized carbons (Fsp3) is 1.00. The highest BCUT2D eigenvalue weighted by molar-refractivity contribution is 4.92. The van der Waals surface area contributed by atoms with Crippen molar-refractivity contribution in [3.05, 3.63) is 0 Å². The van der Waals surface area contributed by atoms with Gasteiger partial charge in [-0.15, -0.1) is 0 Å². The van der Waals surface area contributed by atoms with Crippen molar-refractivity contribution in [1.29, 1.82) is 0 Å². The Morgan fingerprint density at radius 3 is 2.86 bits per heavy atom. The zero-order valence-corrected chi connectivity index (χ0v) is 9.30. The number of rotatable bonds is 3. The van der Waals surface area contributed by atoms with E-state index in [4.69, 9.17) is 10.5 Å². The van der Waals surface area contributed by atoms with E-state index in [1.54, 1.807) is 0 Å². The molecule has 1 saturated heterocycles. The van der Waals surface area contributed by atoms with Crippen LogP contribution in [0.3, 0.4) is 0 Å². The standard InChI is InChI=1S/C12H23NO/c1-10-4-6-12(13,9-10)7-5-11-3-2-8-14-11/h10-11H,2-9,13H2,1H3. The number of nitrogens with two attached hydrogens (primary N) is 1. The van der Waals surface area contributed by atoms with Crippen LogP contribution in [0.5, 0.6) is 0 Å².